The first-order valence-electron chi connectivity index (χ1n) is 11.2. The number of urea groups is 1. The molecule has 0 unspecified atom stereocenters. The number of ether oxygens (including phenoxy) is 1. The Balaban J connectivity index is 1.59. The SMILES string of the molecule is Cc1ccccc1NC(=O)c1cnccc1CN1C(=O)N(c2ccc(OC(F)(F)F)cc2)C(=O)C1(C)C. The fraction of sp³-hybridized carbons (Fsp3) is 0.231. The number of hydrogen-bond donors (Lipinski definition) is 1. The Morgan fingerprint density at radius 3 is 2.38 bits per heavy atom. The van der Waals surface area contributed by atoms with Crippen LogP contribution < -0.4 is 15.0 Å². The van der Waals surface area contributed by atoms with Crippen LogP contribution in [-0.4, -0.2) is 39.6 Å². The molecule has 11 heteroatoms. The van der Waals surface area contributed by atoms with Crippen molar-refractivity contribution < 1.29 is 32.3 Å². The second-order valence-electron chi connectivity index (χ2n) is 8.91. The molecule has 1 aromatic heterocycles. The summed E-state index contributed by atoms with van der Waals surface area (Å²) in [4.78, 5) is 45.9. The van der Waals surface area contributed by atoms with E-state index in [4.69, 9.17) is 0 Å². The highest BCUT2D eigenvalue weighted by Gasteiger charge is 2.52. The number of carbonyl (C=O) groups is 3. The Morgan fingerprint density at radius 1 is 1.05 bits per heavy atom. The molecule has 1 fully saturated rings. The van der Waals surface area contributed by atoms with E-state index >= 15 is 0 Å². The van der Waals surface area contributed by atoms with Crippen LogP contribution in [0.5, 0.6) is 5.75 Å². The van der Waals surface area contributed by atoms with Gasteiger partial charge in [-0.2, -0.15) is 0 Å². The van der Waals surface area contributed by atoms with E-state index in [1.165, 1.54) is 29.4 Å². The number of rotatable bonds is 6. The number of para-hydroxylation sites is 1. The van der Waals surface area contributed by atoms with Crippen molar-refractivity contribution in [3.63, 3.8) is 0 Å². The Hall–Kier alpha value is -4.41. The van der Waals surface area contributed by atoms with Gasteiger partial charge in [0.1, 0.15) is 11.3 Å². The predicted octanol–water partition coefficient (Wildman–Crippen LogP) is 5.29. The van der Waals surface area contributed by atoms with E-state index in [0.29, 0.717) is 11.3 Å². The number of alkyl halides is 3. The van der Waals surface area contributed by atoms with Crippen molar-refractivity contribution in [3.8, 4) is 5.75 Å². The van der Waals surface area contributed by atoms with Crippen molar-refractivity contribution in [1.82, 2.24) is 9.88 Å². The number of nitrogens with one attached hydrogen (secondary N) is 1. The van der Waals surface area contributed by atoms with Crippen molar-refractivity contribution in [1.29, 1.82) is 0 Å². The van der Waals surface area contributed by atoms with Gasteiger partial charge >= 0.3 is 12.4 Å². The molecule has 2 heterocycles. The van der Waals surface area contributed by atoms with Crippen LogP contribution in [0.3, 0.4) is 0 Å². The number of anilines is 2. The van der Waals surface area contributed by atoms with Crippen LogP contribution >= 0.6 is 0 Å². The summed E-state index contributed by atoms with van der Waals surface area (Å²) >= 11 is 0. The van der Waals surface area contributed by atoms with E-state index in [1.807, 2.05) is 19.1 Å². The van der Waals surface area contributed by atoms with E-state index < -0.39 is 35.5 Å². The minimum atomic E-state index is -4.87. The Kier molecular flexibility index (Phi) is 6.64. The maximum Gasteiger partial charge on any atom is 0.573 e. The van der Waals surface area contributed by atoms with Crippen LogP contribution in [0.1, 0.15) is 35.3 Å². The number of carbonyl (C=O) groups excluding carboxylic acids is 3. The third-order valence-electron chi connectivity index (χ3n) is 6.03. The van der Waals surface area contributed by atoms with E-state index in [1.54, 1.807) is 32.0 Å². The summed E-state index contributed by atoms with van der Waals surface area (Å²) in [6.45, 7) is 4.89. The molecule has 1 aliphatic heterocycles. The van der Waals surface area contributed by atoms with Crippen molar-refractivity contribution in [3.05, 3.63) is 83.7 Å². The lowest BCUT2D eigenvalue weighted by Crippen LogP contribution is -2.44. The van der Waals surface area contributed by atoms with Gasteiger partial charge in [0.15, 0.2) is 0 Å². The molecule has 4 amide bonds. The van der Waals surface area contributed by atoms with Gasteiger partial charge in [-0.3, -0.25) is 14.6 Å². The molecule has 1 saturated heterocycles. The molecule has 0 atom stereocenters. The van der Waals surface area contributed by atoms with E-state index in [-0.39, 0.29) is 17.8 Å². The van der Waals surface area contributed by atoms with Gasteiger partial charge in [0.05, 0.1) is 11.3 Å². The van der Waals surface area contributed by atoms with Crippen molar-refractivity contribution in [2.75, 3.05) is 10.2 Å². The zero-order valence-corrected chi connectivity index (χ0v) is 20.2. The highest BCUT2D eigenvalue weighted by atomic mass is 19.4. The molecule has 0 saturated carbocycles. The summed E-state index contributed by atoms with van der Waals surface area (Å²) in [6.07, 6.45) is -2.00. The third-order valence-corrected chi connectivity index (χ3v) is 6.03. The number of pyridine rings is 1. The lowest BCUT2D eigenvalue weighted by atomic mass is 10.0. The van der Waals surface area contributed by atoms with Crippen LogP contribution in [0.25, 0.3) is 0 Å². The van der Waals surface area contributed by atoms with Crippen molar-refractivity contribution in [2.24, 2.45) is 0 Å². The molecular formula is C26H23F3N4O4. The fourth-order valence-electron chi connectivity index (χ4n) is 3.96. The van der Waals surface area contributed by atoms with Crippen LogP contribution in [0.15, 0.2) is 67.0 Å². The minimum Gasteiger partial charge on any atom is -0.406 e. The monoisotopic (exact) mass is 512 g/mol. The molecule has 3 aromatic rings. The zero-order chi connectivity index (χ0) is 27.0. The number of hydrogen-bond acceptors (Lipinski definition) is 5. The van der Waals surface area contributed by atoms with Gasteiger partial charge in [-0.1, -0.05) is 18.2 Å². The molecule has 0 radical (unpaired) electrons. The smallest absolute Gasteiger partial charge is 0.406 e. The third kappa shape index (κ3) is 5.25. The second kappa shape index (κ2) is 9.57. The van der Waals surface area contributed by atoms with Gasteiger partial charge in [-0.15, -0.1) is 13.2 Å². The van der Waals surface area contributed by atoms with Crippen LogP contribution in [0.4, 0.5) is 29.3 Å². The molecular weight excluding hydrogens is 489 g/mol. The van der Waals surface area contributed by atoms with Crippen LogP contribution in [0.2, 0.25) is 0 Å². The number of amides is 4. The van der Waals surface area contributed by atoms with E-state index in [2.05, 4.69) is 15.0 Å². The van der Waals surface area contributed by atoms with E-state index in [0.717, 1.165) is 22.6 Å². The number of halogens is 3. The molecule has 0 aliphatic carbocycles. The van der Waals surface area contributed by atoms with E-state index in [9.17, 15) is 27.6 Å². The van der Waals surface area contributed by atoms with Gasteiger partial charge in [0.2, 0.25) is 0 Å². The van der Waals surface area contributed by atoms with Gasteiger partial charge in [-0.05, 0) is 68.3 Å². The summed E-state index contributed by atoms with van der Waals surface area (Å²) < 4.78 is 41.3. The zero-order valence-electron chi connectivity index (χ0n) is 20.2. The molecule has 0 bridgehead atoms. The van der Waals surface area contributed by atoms with Crippen LogP contribution in [-0.2, 0) is 11.3 Å². The fourth-order valence-corrected chi connectivity index (χ4v) is 3.96. The normalized spacial score (nSPS) is 15.2. The van der Waals surface area contributed by atoms with Gasteiger partial charge in [0, 0.05) is 24.6 Å². The Morgan fingerprint density at radius 2 is 1.73 bits per heavy atom. The Labute approximate surface area is 210 Å². The molecule has 4 rings (SSSR count). The van der Waals surface area contributed by atoms with Gasteiger partial charge in [-0.25, -0.2) is 9.69 Å². The standard InChI is InChI=1S/C26H23F3N4O4/c1-16-6-4-5-7-21(16)31-22(34)20-14-30-13-12-17(20)15-32-24(36)33(23(35)25(32,2)3)18-8-10-19(11-9-18)37-26(27,28)29/h4-14H,15H2,1-3H3,(H,31,34). The average molecular weight is 512 g/mol. The predicted molar refractivity (Wildman–Crippen MR) is 129 cm³/mol. The highest BCUT2D eigenvalue weighted by molar-refractivity contribution is 6.23. The maximum atomic E-state index is 13.4. The molecule has 1 aliphatic rings. The number of benzene rings is 2. The Bertz CT molecular complexity index is 1360. The van der Waals surface area contributed by atoms with Crippen LogP contribution in [0, 0.1) is 6.92 Å². The first kappa shape index (κ1) is 25.7. The first-order valence-corrected chi connectivity index (χ1v) is 11.2. The summed E-state index contributed by atoms with van der Waals surface area (Å²) in [5, 5.41) is 2.84. The lowest BCUT2D eigenvalue weighted by molar-refractivity contribution is -0.274. The molecule has 0 spiro atoms. The molecule has 2 aromatic carbocycles. The number of aryl methyl sites for hydroxylation is 1. The second-order valence-corrected chi connectivity index (χ2v) is 8.91. The maximum absolute atomic E-state index is 13.4. The topological polar surface area (TPSA) is 91.8 Å². The van der Waals surface area contributed by atoms with Crippen molar-refractivity contribution >= 4 is 29.2 Å². The summed E-state index contributed by atoms with van der Waals surface area (Å²) in [5.74, 6) is -1.47. The lowest BCUT2D eigenvalue weighted by Gasteiger charge is -2.28. The highest BCUT2D eigenvalue weighted by Crippen LogP contribution is 2.35. The van der Waals surface area contributed by atoms with Gasteiger partial charge in [0.25, 0.3) is 11.8 Å². The summed E-state index contributed by atoms with van der Waals surface area (Å²) in [5.41, 5.74) is 0.974. The average Bonchev–Trinajstić information content (AvgIpc) is 3.00. The minimum absolute atomic E-state index is 0.0810. The first-order chi connectivity index (χ1) is 17.4. The number of nitrogens with zero attached hydrogens (tertiary/aromatic N) is 3. The molecule has 8 nitrogen and oxygen atoms in total. The van der Waals surface area contributed by atoms with Gasteiger partial charge < -0.3 is 15.0 Å². The summed E-state index contributed by atoms with van der Waals surface area (Å²) in [7, 11) is 0. The number of imide groups is 1. The molecule has 37 heavy (non-hydrogen) atoms. The van der Waals surface area contributed by atoms with Crippen molar-refractivity contribution in [2.45, 2.75) is 39.2 Å². The molecule has 192 valence electrons. The molecule has 1 N–H and O–H groups in total. The largest absolute Gasteiger partial charge is 0.573 e. The quantitative estimate of drug-likeness (QED) is 0.454. The summed E-state index contributed by atoms with van der Waals surface area (Å²) in [6, 6.07) is 12.6. The number of aromatic nitrogens is 1.